The van der Waals surface area contributed by atoms with Gasteiger partial charge in [0.25, 0.3) is 0 Å². The van der Waals surface area contributed by atoms with Crippen molar-refractivity contribution in [3.8, 4) is 0 Å². The van der Waals surface area contributed by atoms with E-state index in [9.17, 15) is 4.79 Å². The third-order valence-electron chi connectivity index (χ3n) is 2.71. The molecule has 2 heteroatoms. The standard InChI is InChI=1S/C10H17NO/c1-7(8(2)12)10(11)6-9-4-3-5-9/h9-10H,1,3-6,11H2,2H3. The van der Waals surface area contributed by atoms with Crippen LogP contribution in [-0.4, -0.2) is 11.8 Å². The van der Waals surface area contributed by atoms with Gasteiger partial charge in [-0.2, -0.15) is 0 Å². The van der Waals surface area contributed by atoms with E-state index in [0.717, 1.165) is 12.3 Å². The molecule has 0 saturated heterocycles. The number of hydrogen-bond acceptors (Lipinski definition) is 2. The Kier molecular flexibility index (Phi) is 3.04. The fraction of sp³-hybridized carbons (Fsp3) is 0.700. The first-order valence-corrected chi connectivity index (χ1v) is 4.56. The molecule has 1 rings (SSSR count). The van der Waals surface area contributed by atoms with Crippen LogP contribution < -0.4 is 5.73 Å². The molecule has 0 aliphatic heterocycles. The average molecular weight is 167 g/mol. The number of Topliss-reactive ketones (excluding diaryl/α,β-unsaturated/α-hetero) is 1. The van der Waals surface area contributed by atoms with E-state index in [-0.39, 0.29) is 11.8 Å². The Bertz CT molecular complexity index is 194. The summed E-state index contributed by atoms with van der Waals surface area (Å²) in [5.41, 5.74) is 6.39. The third-order valence-corrected chi connectivity index (χ3v) is 2.71. The Labute approximate surface area is 73.8 Å². The lowest BCUT2D eigenvalue weighted by atomic mass is 9.79. The summed E-state index contributed by atoms with van der Waals surface area (Å²) in [6, 6.07) is -0.104. The fourth-order valence-electron chi connectivity index (χ4n) is 1.49. The lowest BCUT2D eigenvalue weighted by molar-refractivity contribution is -0.113. The number of hydrogen-bond donors (Lipinski definition) is 1. The van der Waals surface area contributed by atoms with Gasteiger partial charge in [-0.15, -0.1) is 0 Å². The summed E-state index contributed by atoms with van der Waals surface area (Å²) in [6.45, 7) is 5.22. The summed E-state index contributed by atoms with van der Waals surface area (Å²) < 4.78 is 0. The van der Waals surface area contributed by atoms with Crippen LogP contribution in [0.3, 0.4) is 0 Å². The highest BCUT2D eigenvalue weighted by Gasteiger charge is 2.22. The lowest BCUT2D eigenvalue weighted by Gasteiger charge is -2.28. The molecule has 2 nitrogen and oxygen atoms in total. The molecule has 0 bridgehead atoms. The molecule has 1 fully saturated rings. The van der Waals surface area contributed by atoms with Gasteiger partial charge in [-0.05, 0) is 19.3 Å². The molecule has 0 aromatic carbocycles. The predicted octanol–water partition coefficient (Wildman–Crippen LogP) is 1.65. The highest BCUT2D eigenvalue weighted by atomic mass is 16.1. The van der Waals surface area contributed by atoms with E-state index >= 15 is 0 Å². The second-order valence-electron chi connectivity index (χ2n) is 3.72. The lowest BCUT2D eigenvalue weighted by Crippen LogP contribution is -2.30. The molecule has 1 saturated carbocycles. The number of carbonyl (C=O) groups is 1. The van der Waals surface area contributed by atoms with Crippen molar-refractivity contribution in [3.05, 3.63) is 12.2 Å². The minimum Gasteiger partial charge on any atom is -0.324 e. The van der Waals surface area contributed by atoms with Gasteiger partial charge in [0.1, 0.15) is 0 Å². The molecule has 0 amide bonds. The van der Waals surface area contributed by atoms with Crippen LogP contribution in [0.25, 0.3) is 0 Å². The van der Waals surface area contributed by atoms with Gasteiger partial charge in [0.15, 0.2) is 5.78 Å². The van der Waals surface area contributed by atoms with Gasteiger partial charge in [-0.1, -0.05) is 25.8 Å². The highest BCUT2D eigenvalue weighted by molar-refractivity contribution is 5.93. The van der Waals surface area contributed by atoms with Gasteiger partial charge < -0.3 is 5.73 Å². The molecule has 0 aromatic heterocycles. The van der Waals surface area contributed by atoms with Crippen LogP contribution >= 0.6 is 0 Å². The summed E-state index contributed by atoms with van der Waals surface area (Å²) in [7, 11) is 0. The maximum atomic E-state index is 10.9. The molecule has 1 unspecified atom stereocenters. The van der Waals surface area contributed by atoms with Gasteiger partial charge in [-0.25, -0.2) is 0 Å². The van der Waals surface area contributed by atoms with E-state index in [1.54, 1.807) is 0 Å². The van der Waals surface area contributed by atoms with Crippen molar-refractivity contribution in [2.45, 2.75) is 38.6 Å². The van der Waals surface area contributed by atoms with Crippen LogP contribution in [0.15, 0.2) is 12.2 Å². The van der Waals surface area contributed by atoms with E-state index in [2.05, 4.69) is 6.58 Å². The summed E-state index contributed by atoms with van der Waals surface area (Å²) >= 11 is 0. The quantitative estimate of drug-likeness (QED) is 0.647. The second-order valence-corrected chi connectivity index (χ2v) is 3.72. The van der Waals surface area contributed by atoms with Crippen molar-refractivity contribution in [1.82, 2.24) is 0 Å². The van der Waals surface area contributed by atoms with Crippen molar-refractivity contribution in [1.29, 1.82) is 0 Å². The van der Waals surface area contributed by atoms with E-state index < -0.39 is 0 Å². The van der Waals surface area contributed by atoms with Crippen LogP contribution in [0.1, 0.15) is 32.6 Å². The smallest absolute Gasteiger partial charge is 0.156 e. The maximum absolute atomic E-state index is 10.9. The molecule has 1 aliphatic carbocycles. The minimum absolute atomic E-state index is 0.0295. The summed E-state index contributed by atoms with van der Waals surface area (Å²) in [6.07, 6.45) is 4.82. The molecule has 68 valence electrons. The predicted molar refractivity (Wildman–Crippen MR) is 49.8 cm³/mol. The molecule has 1 aliphatic rings. The van der Waals surface area contributed by atoms with Crippen molar-refractivity contribution in [2.75, 3.05) is 0 Å². The van der Waals surface area contributed by atoms with E-state index in [0.29, 0.717) is 5.57 Å². The van der Waals surface area contributed by atoms with Crippen LogP contribution in [0, 0.1) is 5.92 Å². The fourth-order valence-corrected chi connectivity index (χ4v) is 1.49. The van der Waals surface area contributed by atoms with Crippen molar-refractivity contribution in [2.24, 2.45) is 11.7 Å². The van der Waals surface area contributed by atoms with Crippen LogP contribution in [-0.2, 0) is 4.79 Å². The zero-order valence-electron chi connectivity index (χ0n) is 7.68. The van der Waals surface area contributed by atoms with Gasteiger partial charge in [0.2, 0.25) is 0 Å². The Balaban J connectivity index is 2.31. The molecule has 0 heterocycles. The molecule has 2 N–H and O–H groups in total. The second kappa shape index (κ2) is 3.85. The molecule has 0 spiro atoms. The van der Waals surface area contributed by atoms with E-state index in [4.69, 9.17) is 5.73 Å². The normalized spacial score (nSPS) is 19.8. The first-order valence-electron chi connectivity index (χ1n) is 4.56. The Morgan fingerprint density at radius 1 is 1.67 bits per heavy atom. The SMILES string of the molecule is C=C(C(C)=O)C(N)CC1CCC1. The average Bonchev–Trinajstić information content (AvgIpc) is 1.94. The van der Waals surface area contributed by atoms with Crippen LogP contribution in [0.5, 0.6) is 0 Å². The molecule has 0 aromatic rings. The van der Waals surface area contributed by atoms with Gasteiger partial charge >= 0.3 is 0 Å². The highest BCUT2D eigenvalue weighted by Crippen LogP contribution is 2.31. The van der Waals surface area contributed by atoms with Crippen molar-refractivity contribution < 1.29 is 4.79 Å². The summed E-state index contributed by atoms with van der Waals surface area (Å²) in [5.74, 6) is 0.776. The molecule has 12 heavy (non-hydrogen) atoms. The first-order chi connectivity index (χ1) is 5.61. The maximum Gasteiger partial charge on any atom is 0.156 e. The Morgan fingerprint density at radius 3 is 2.58 bits per heavy atom. The number of nitrogens with two attached hydrogens (primary N) is 1. The van der Waals surface area contributed by atoms with Crippen molar-refractivity contribution in [3.63, 3.8) is 0 Å². The number of rotatable bonds is 4. The zero-order valence-corrected chi connectivity index (χ0v) is 7.68. The van der Waals surface area contributed by atoms with E-state index in [1.165, 1.54) is 26.2 Å². The van der Waals surface area contributed by atoms with Gasteiger partial charge in [-0.3, -0.25) is 4.79 Å². The number of ketones is 1. The van der Waals surface area contributed by atoms with E-state index in [1.807, 2.05) is 0 Å². The topological polar surface area (TPSA) is 43.1 Å². The minimum atomic E-state index is -0.104. The molecule has 0 radical (unpaired) electrons. The molecular weight excluding hydrogens is 150 g/mol. The molecule has 1 atom stereocenters. The van der Waals surface area contributed by atoms with Crippen LogP contribution in [0.4, 0.5) is 0 Å². The number of carbonyl (C=O) groups excluding carboxylic acids is 1. The monoisotopic (exact) mass is 167 g/mol. The van der Waals surface area contributed by atoms with Gasteiger partial charge in [0.05, 0.1) is 0 Å². The van der Waals surface area contributed by atoms with Crippen molar-refractivity contribution >= 4 is 5.78 Å². The summed E-state index contributed by atoms with van der Waals surface area (Å²) in [4.78, 5) is 10.9. The van der Waals surface area contributed by atoms with Gasteiger partial charge in [0, 0.05) is 11.6 Å². The Morgan fingerprint density at radius 2 is 2.25 bits per heavy atom. The Hall–Kier alpha value is -0.630. The first kappa shape index (κ1) is 9.46. The third kappa shape index (κ3) is 2.18. The largest absolute Gasteiger partial charge is 0.324 e. The zero-order chi connectivity index (χ0) is 9.14. The van der Waals surface area contributed by atoms with Crippen LogP contribution in [0.2, 0.25) is 0 Å². The summed E-state index contributed by atoms with van der Waals surface area (Å²) in [5, 5.41) is 0. The molecular formula is C10H17NO.